The largest absolute Gasteiger partial charge is 0.480 e. The zero-order valence-corrected chi connectivity index (χ0v) is 10.2. The molecule has 0 saturated heterocycles. The molecule has 1 saturated carbocycles. The normalized spacial score (nSPS) is 24.4. The first kappa shape index (κ1) is 12.5. The van der Waals surface area contributed by atoms with Gasteiger partial charge in [0, 0.05) is 5.69 Å². The molecule has 1 aromatic rings. The van der Waals surface area contributed by atoms with Gasteiger partial charge in [-0.05, 0) is 36.1 Å². The van der Waals surface area contributed by atoms with Crippen molar-refractivity contribution in [2.24, 2.45) is 10.8 Å². The Morgan fingerprint density at radius 1 is 1.28 bits per heavy atom. The molecule has 0 heterocycles. The molecule has 0 aliphatic heterocycles. The minimum atomic E-state index is -1.37. The molecule has 0 aromatic heterocycles. The highest BCUT2D eigenvalue weighted by Crippen LogP contribution is 2.64. The van der Waals surface area contributed by atoms with Crippen LogP contribution in [0.25, 0.3) is 0 Å². The van der Waals surface area contributed by atoms with Gasteiger partial charge in [0.2, 0.25) is 5.91 Å². The molecule has 1 aromatic carbocycles. The summed E-state index contributed by atoms with van der Waals surface area (Å²) in [7, 11) is 0. The summed E-state index contributed by atoms with van der Waals surface area (Å²) < 4.78 is 12.7. The number of anilines is 1. The van der Waals surface area contributed by atoms with Gasteiger partial charge in [0.25, 0.3) is 0 Å². The monoisotopic (exact) mass is 251 g/mol. The fraction of sp³-hybridized carbons (Fsp3) is 0.385. The van der Waals surface area contributed by atoms with Crippen molar-refractivity contribution in [2.45, 2.75) is 20.3 Å². The molecule has 1 fully saturated rings. The smallest absolute Gasteiger partial charge is 0.319 e. The number of rotatable bonds is 3. The second-order valence-corrected chi connectivity index (χ2v) is 5.23. The summed E-state index contributed by atoms with van der Waals surface area (Å²) in [4.78, 5) is 23.3. The average molecular weight is 251 g/mol. The first-order valence-electron chi connectivity index (χ1n) is 5.60. The number of carboxylic acid groups (broad SMARTS) is 1. The van der Waals surface area contributed by atoms with E-state index in [1.165, 1.54) is 24.3 Å². The Morgan fingerprint density at radius 3 is 2.17 bits per heavy atom. The second kappa shape index (κ2) is 3.80. The molecule has 0 bridgehead atoms. The molecule has 0 spiro atoms. The van der Waals surface area contributed by atoms with Crippen LogP contribution in [0.5, 0.6) is 0 Å². The van der Waals surface area contributed by atoms with Crippen LogP contribution in [0.1, 0.15) is 20.3 Å². The van der Waals surface area contributed by atoms with E-state index in [1.54, 1.807) is 13.8 Å². The number of carbonyl (C=O) groups is 2. The van der Waals surface area contributed by atoms with Crippen molar-refractivity contribution in [2.75, 3.05) is 5.32 Å². The lowest BCUT2D eigenvalue weighted by molar-refractivity contribution is -0.149. The second-order valence-electron chi connectivity index (χ2n) is 5.23. The van der Waals surface area contributed by atoms with Gasteiger partial charge in [-0.1, -0.05) is 13.8 Å². The van der Waals surface area contributed by atoms with Gasteiger partial charge in [-0.3, -0.25) is 9.59 Å². The average Bonchev–Trinajstić information content (AvgIpc) is 2.87. The molecule has 96 valence electrons. The van der Waals surface area contributed by atoms with Crippen LogP contribution >= 0.6 is 0 Å². The minimum Gasteiger partial charge on any atom is -0.480 e. The van der Waals surface area contributed by atoms with Crippen molar-refractivity contribution in [3.8, 4) is 0 Å². The molecule has 18 heavy (non-hydrogen) atoms. The number of nitrogens with one attached hydrogen (secondary N) is 1. The van der Waals surface area contributed by atoms with Crippen LogP contribution < -0.4 is 5.32 Å². The molecular formula is C13H14FNO3. The highest BCUT2D eigenvalue weighted by atomic mass is 19.1. The van der Waals surface area contributed by atoms with Gasteiger partial charge in [-0.15, -0.1) is 0 Å². The third-order valence-electron chi connectivity index (χ3n) is 3.59. The number of aliphatic carboxylic acids is 1. The quantitative estimate of drug-likeness (QED) is 0.810. The van der Waals surface area contributed by atoms with E-state index in [-0.39, 0.29) is 0 Å². The van der Waals surface area contributed by atoms with Crippen molar-refractivity contribution in [3.05, 3.63) is 30.1 Å². The third-order valence-corrected chi connectivity index (χ3v) is 3.59. The highest BCUT2D eigenvalue weighted by Gasteiger charge is 2.71. The Hall–Kier alpha value is -1.91. The Kier molecular flexibility index (Phi) is 2.65. The molecule has 1 aliphatic carbocycles. The van der Waals surface area contributed by atoms with E-state index in [9.17, 15) is 19.1 Å². The molecule has 4 nitrogen and oxygen atoms in total. The summed E-state index contributed by atoms with van der Waals surface area (Å²) >= 11 is 0. The maximum absolute atomic E-state index is 12.7. The first-order chi connectivity index (χ1) is 8.29. The Bertz CT molecular complexity index is 509. The fourth-order valence-electron chi connectivity index (χ4n) is 2.24. The van der Waals surface area contributed by atoms with E-state index in [0.717, 1.165) is 0 Å². The van der Waals surface area contributed by atoms with Crippen molar-refractivity contribution in [3.63, 3.8) is 0 Å². The Labute approximate surface area is 104 Å². The molecule has 2 N–H and O–H groups in total. The van der Waals surface area contributed by atoms with Crippen LogP contribution in [-0.4, -0.2) is 17.0 Å². The molecule has 0 radical (unpaired) electrons. The van der Waals surface area contributed by atoms with E-state index in [0.29, 0.717) is 12.1 Å². The topological polar surface area (TPSA) is 66.4 Å². The van der Waals surface area contributed by atoms with Gasteiger partial charge in [0.05, 0.1) is 0 Å². The van der Waals surface area contributed by atoms with E-state index < -0.39 is 28.5 Å². The van der Waals surface area contributed by atoms with Gasteiger partial charge in [-0.2, -0.15) is 0 Å². The number of halogens is 1. The number of hydrogen-bond donors (Lipinski definition) is 2. The van der Waals surface area contributed by atoms with Gasteiger partial charge < -0.3 is 10.4 Å². The molecule has 5 heteroatoms. The molecule has 2 rings (SSSR count). The Morgan fingerprint density at radius 2 is 1.78 bits per heavy atom. The number of hydrogen-bond acceptors (Lipinski definition) is 2. The highest BCUT2D eigenvalue weighted by molar-refractivity contribution is 6.12. The Balaban J connectivity index is 2.18. The number of benzene rings is 1. The molecular weight excluding hydrogens is 237 g/mol. The van der Waals surface area contributed by atoms with E-state index >= 15 is 0 Å². The standard InChI is InChI=1S/C13H14FNO3/c1-12(2)7-13(12,11(17)18)10(16)15-9-5-3-8(14)4-6-9/h3-6H,7H2,1-2H3,(H,15,16)(H,17,18). The van der Waals surface area contributed by atoms with E-state index in [1.807, 2.05) is 0 Å². The fourth-order valence-corrected chi connectivity index (χ4v) is 2.24. The summed E-state index contributed by atoms with van der Waals surface area (Å²) in [6.45, 7) is 3.48. The molecule has 1 aliphatic rings. The zero-order chi connectivity index (χ0) is 13.6. The molecule has 1 unspecified atom stereocenters. The lowest BCUT2D eigenvalue weighted by atomic mass is 9.95. The maximum Gasteiger partial charge on any atom is 0.319 e. The summed E-state index contributed by atoms with van der Waals surface area (Å²) in [5.41, 5.74) is -1.53. The van der Waals surface area contributed by atoms with E-state index in [4.69, 9.17) is 0 Å². The van der Waals surface area contributed by atoms with Crippen LogP contribution in [-0.2, 0) is 9.59 Å². The van der Waals surface area contributed by atoms with Gasteiger partial charge in [-0.25, -0.2) is 4.39 Å². The molecule has 1 atom stereocenters. The van der Waals surface area contributed by atoms with Crippen LogP contribution in [0.2, 0.25) is 0 Å². The summed E-state index contributed by atoms with van der Waals surface area (Å²) in [6, 6.07) is 5.22. The van der Waals surface area contributed by atoms with Crippen molar-refractivity contribution in [1.82, 2.24) is 0 Å². The van der Waals surface area contributed by atoms with Crippen LogP contribution in [0, 0.1) is 16.6 Å². The lowest BCUT2D eigenvalue weighted by Crippen LogP contribution is -2.35. The van der Waals surface area contributed by atoms with Gasteiger partial charge in [0.1, 0.15) is 5.82 Å². The SMILES string of the molecule is CC1(C)CC1(C(=O)O)C(=O)Nc1ccc(F)cc1. The zero-order valence-electron chi connectivity index (χ0n) is 10.2. The van der Waals surface area contributed by atoms with Crippen LogP contribution in [0.4, 0.5) is 10.1 Å². The lowest BCUT2D eigenvalue weighted by Gasteiger charge is -2.15. The summed E-state index contributed by atoms with van der Waals surface area (Å²) in [5.74, 6) is -2.08. The van der Waals surface area contributed by atoms with Crippen LogP contribution in [0.15, 0.2) is 24.3 Å². The summed E-state index contributed by atoms with van der Waals surface area (Å²) in [6.07, 6.45) is 0.308. The van der Waals surface area contributed by atoms with Crippen molar-refractivity contribution >= 4 is 17.6 Å². The predicted octanol–water partition coefficient (Wildman–Crippen LogP) is 2.27. The predicted molar refractivity (Wildman–Crippen MR) is 63.5 cm³/mol. The summed E-state index contributed by atoms with van der Waals surface area (Å²) in [5, 5.41) is 11.7. The number of amides is 1. The minimum absolute atomic E-state index is 0.308. The van der Waals surface area contributed by atoms with Crippen LogP contribution in [0.3, 0.4) is 0 Å². The number of carboxylic acids is 1. The van der Waals surface area contributed by atoms with Gasteiger partial charge in [0.15, 0.2) is 5.41 Å². The van der Waals surface area contributed by atoms with Crippen molar-refractivity contribution < 1.29 is 19.1 Å². The first-order valence-corrected chi connectivity index (χ1v) is 5.60. The third kappa shape index (κ3) is 1.75. The van der Waals surface area contributed by atoms with E-state index in [2.05, 4.69) is 5.32 Å². The van der Waals surface area contributed by atoms with Crippen molar-refractivity contribution in [1.29, 1.82) is 0 Å². The maximum atomic E-state index is 12.7. The number of carbonyl (C=O) groups excluding carboxylic acids is 1. The van der Waals surface area contributed by atoms with Gasteiger partial charge >= 0.3 is 5.97 Å². The molecule has 1 amide bonds.